The monoisotopic (exact) mass is 329 g/mol. The molecule has 1 saturated heterocycles. The van der Waals surface area contributed by atoms with Crippen molar-refractivity contribution in [2.45, 2.75) is 52.0 Å². The fourth-order valence-electron chi connectivity index (χ4n) is 4.07. The van der Waals surface area contributed by atoms with Gasteiger partial charge in [-0.1, -0.05) is 25.5 Å². The molecule has 0 saturated carbocycles. The van der Waals surface area contributed by atoms with Crippen molar-refractivity contribution in [1.29, 1.82) is 0 Å². The molecule has 0 bridgehead atoms. The van der Waals surface area contributed by atoms with E-state index < -0.39 is 0 Å². The first-order valence-electron chi connectivity index (χ1n) is 9.52. The first-order valence-corrected chi connectivity index (χ1v) is 9.52. The molecule has 1 aliphatic carbocycles. The minimum atomic E-state index is 0.0884. The molecule has 2 aliphatic rings. The summed E-state index contributed by atoms with van der Waals surface area (Å²) in [5.74, 6) is 0.0884. The summed E-state index contributed by atoms with van der Waals surface area (Å²) < 4.78 is 0. The highest BCUT2D eigenvalue weighted by atomic mass is 16.1. The van der Waals surface area contributed by atoms with Gasteiger partial charge < -0.3 is 10.2 Å². The lowest BCUT2D eigenvalue weighted by molar-refractivity contribution is -0.119. The van der Waals surface area contributed by atoms with Crippen LogP contribution in [0.3, 0.4) is 0 Å². The summed E-state index contributed by atoms with van der Waals surface area (Å²) in [5, 5.41) is 3.12. The summed E-state index contributed by atoms with van der Waals surface area (Å²) in [5.41, 5.74) is 4.34. The van der Waals surface area contributed by atoms with Gasteiger partial charge in [0, 0.05) is 44.8 Å². The molecule has 0 aromatic heterocycles. The van der Waals surface area contributed by atoms with E-state index in [9.17, 15) is 4.79 Å². The smallest absolute Gasteiger partial charge is 0.217 e. The number of carbonyl (C=O) groups excluding carboxylic acids is 1. The molecule has 1 fully saturated rings. The topological polar surface area (TPSA) is 35.6 Å². The number of aryl methyl sites for hydroxylation is 1. The van der Waals surface area contributed by atoms with E-state index in [0.29, 0.717) is 6.04 Å². The molecule has 1 heterocycles. The maximum absolute atomic E-state index is 11.4. The van der Waals surface area contributed by atoms with Crippen LogP contribution < -0.4 is 10.2 Å². The first-order chi connectivity index (χ1) is 11.7. The number of hydrogen-bond acceptors (Lipinski definition) is 3. The summed E-state index contributed by atoms with van der Waals surface area (Å²) in [6.45, 7) is 9.68. The Kier molecular flexibility index (Phi) is 5.77. The van der Waals surface area contributed by atoms with Crippen molar-refractivity contribution in [3.05, 3.63) is 29.3 Å². The lowest BCUT2D eigenvalue weighted by Crippen LogP contribution is -2.47. The van der Waals surface area contributed by atoms with Crippen molar-refractivity contribution in [3.63, 3.8) is 0 Å². The van der Waals surface area contributed by atoms with Gasteiger partial charge in [-0.2, -0.15) is 0 Å². The zero-order chi connectivity index (χ0) is 16.9. The number of amides is 1. The van der Waals surface area contributed by atoms with E-state index in [1.807, 2.05) is 0 Å². The Morgan fingerprint density at radius 3 is 2.75 bits per heavy atom. The number of unbranched alkanes of at least 4 members (excludes halogenated alkanes) is 1. The van der Waals surface area contributed by atoms with Crippen LogP contribution in [0.25, 0.3) is 0 Å². The zero-order valence-electron chi connectivity index (χ0n) is 15.2. The van der Waals surface area contributed by atoms with Gasteiger partial charge in [0.1, 0.15) is 0 Å². The molecular formula is C20H31N3O. The Bertz CT molecular complexity index is 564. The highest BCUT2D eigenvalue weighted by Gasteiger charge is 2.25. The Balaban J connectivity index is 1.68. The van der Waals surface area contributed by atoms with E-state index in [4.69, 9.17) is 0 Å². The van der Waals surface area contributed by atoms with Crippen molar-refractivity contribution in [1.82, 2.24) is 10.2 Å². The molecule has 1 aromatic carbocycles. The van der Waals surface area contributed by atoms with Crippen LogP contribution in [0.4, 0.5) is 5.69 Å². The van der Waals surface area contributed by atoms with Crippen molar-refractivity contribution in [3.8, 4) is 0 Å². The van der Waals surface area contributed by atoms with Gasteiger partial charge in [0.25, 0.3) is 0 Å². The predicted molar refractivity (Wildman–Crippen MR) is 99.6 cm³/mol. The minimum absolute atomic E-state index is 0.0884. The zero-order valence-corrected chi connectivity index (χ0v) is 15.2. The van der Waals surface area contributed by atoms with Crippen molar-refractivity contribution in [2.75, 3.05) is 37.6 Å². The van der Waals surface area contributed by atoms with Gasteiger partial charge in [0.15, 0.2) is 0 Å². The fourth-order valence-corrected chi connectivity index (χ4v) is 4.07. The molecule has 3 rings (SSSR count). The van der Waals surface area contributed by atoms with E-state index in [-0.39, 0.29) is 5.91 Å². The Morgan fingerprint density at radius 1 is 1.25 bits per heavy atom. The molecule has 24 heavy (non-hydrogen) atoms. The van der Waals surface area contributed by atoms with E-state index in [1.54, 1.807) is 6.92 Å². The van der Waals surface area contributed by atoms with E-state index in [0.717, 1.165) is 32.4 Å². The van der Waals surface area contributed by atoms with Crippen LogP contribution >= 0.6 is 0 Å². The lowest BCUT2D eigenvalue weighted by atomic mass is 9.86. The molecule has 1 amide bonds. The Labute approximate surface area is 146 Å². The lowest BCUT2D eigenvalue weighted by Gasteiger charge is -2.38. The molecule has 0 spiro atoms. The first kappa shape index (κ1) is 17.3. The summed E-state index contributed by atoms with van der Waals surface area (Å²) in [6.07, 6.45) is 5.68. The molecule has 132 valence electrons. The molecule has 1 aromatic rings. The summed E-state index contributed by atoms with van der Waals surface area (Å²) >= 11 is 0. The van der Waals surface area contributed by atoms with Gasteiger partial charge in [-0.15, -0.1) is 0 Å². The normalized spacial score (nSPS) is 21.4. The van der Waals surface area contributed by atoms with Gasteiger partial charge in [-0.05, 0) is 49.4 Å². The third-order valence-electron chi connectivity index (χ3n) is 5.41. The average Bonchev–Trinajstić information content (AvgIpc) is 2.59. The summed E-state index contributed by atoms with van der Waals surface area (Å²) in [4.78, 5) is 16.6. The van der Waals surface area contributed by atoms with Gasteiger partial charge in [0.2, 0.25) is 5.91 Å². The van der Waals surface area contributed by atoms with Crippen LogP contribution in [0.15, 0.2) is 18.2 Å². The van der Waals surface area contributed by atoms with Crippen LogP contribution in [-0.2, 0) is 17.6 Å². The van der Waals surface area contributed by atoms with Crippen molar-refractivity contribution in [2.24, 2.45) is 0 Å². The quantitative estimate of drug-likeness (QED) is 0.902. The second kappa shape index (κ2) is 8.02. The number of nitrogens with one attached hydrogen (secondary N) is 1. The maximum atomic E-state index is 11.4. The standard InChI is InChI=1S/C20H31N3O/c1-3-4-10-22-11-13-23(14-12-22)20-7-5-6-17-8-9-18(15-19(17)20)21-16(2)24/h5-7,18H,3-4,8-15H2,1-2H3,(H,21,24). The molecule has 4 heteroatoms. The van der Waals surface area contributed by atoms with E-state index >= 15 is 0 Å². The van der Waals surface area contributed by atoms with Crippen LogP contribution in [0.2, 0.25) is 0 Å². The number of rotatable bonds is 5. The van der Waals surface area contributed by atoms with Gasteiger partial charge in [-0.25, -0.2) is 0 Å². The molecule has 1 unspecified atom stereocenters. The van der Waals surface area contributed by atoms with Crippen LogP contribution in [0.5, 0.6) is 0 Å². The number of carbonyl (C=O) groups is 1. The largest absolute Gasteiger partial charge is 0.369 e. The summed E-state index contributed by atoms with van der Waals surface area (Å²) in [6, 6.07) is 7.04. The van der Waals surface area contributed by atoms with Gasteiger partial charge in [0.05, 0.1) is 0 Å². The number of anilines is 1. The molecule has 1 N–H and O–H groups in total. The maximum Gasteiger partial charge on any atom is 0.217 e. The number of fused-ring (bicyclic) bond motifs is 1. The third-order valence-corrected chi connectivity index (χ3v) is 5.41. The average molecular weight is 329 g/mol. The Morgan fingerprint density at radius 2 is 2.04 bits per heavy atom. The summed E-state index contributed by atoms with van der Waals surface area (Å²) in [7, 11) is 0. The highest BCUT2D eigenvalue weighted by molar-refractivity contribution is 5.73. The van der Waals surface area contributed by atoms with E-state index in [2.05, 4.69) is 40.2 Å². The van der Waals surface area contributed by atoms with Crippen LogP contribution in [-0.4, -0.2) is 49.6 Å². The minimum Gasteiger partial charge on any atom is -0.369 e. The molecule has 1 aliphatic heterocycles. The SMILES string of the molecule is CCCCN1CCN(c2cccc3c2CC(NC(C)=O)CC3)CC1. The highest BCUT2D eigenvalue weighted by Crippen LogP contribution is 2.31. The number of nitrogens with zero attached hydrogens (tertiary/aromatic N) is 2. The van der Waals surface area contributed by atoms with Gasteiger partial charge in [-0.3, -0.25) is 9.69 Å². The molecule has 4 nitrogen and oxygen atoms in total. The van der Waals surface area contributed by atoms with Crippen LogP contribution in [0, 0.1) is 0 Å². The molecular weight excluding hydrogens is 298 g/mol. The number of piperazine rings is 1. The second-order valence-corrected chi connectivity index (χ2v) is 7.24. The van der Waals surface area contributed by atoms with Crippen molar-refractivity contribution >= 4 is 11.6 Å². The second-order valence-electron chi connectivity index (χ2n) is 7.24. The van der Waals surface area contributed by atoms with Crippen LogP contribution in [0.1, 0.15) is 44.2 Å². The van der Waals surface area contributed by atoms with Gasteiger partial charge >= 0.3 is 0 Å². The molecule has 1 atom stereocenters. The third kappa shape index (κ3) is 4.10. The predicted octanol–water partition coefficient (Wildman–Crippen LogP) is 2.60. The number of benzene rings is 1. The number of hydrogen-bond donors (Lipinski definition) is 1. The molecule has 0 radical (unpaired) electrons. The van der Waals surface area contributed by atoms with Crippen molar-refractivity contribution < 1.29 is 4.79 Å². The van der Waals surface area contributed by atoms with E-state index in [1.165, 1.54) is 49.3 Å². The fraction of sp³-hybridized carbons (Fsp3) is 0.650. The Hall–Kier alpha value is -1.55.